The van der Waals surface area contributed by atoms with E-state index in [1.54, 1.807) is 0 Å². The lowest BCUT2D eigenvalue weighted by Crippen LogP contribution is -2.09. The molecule has 0 aliphatic rings. The molecular formula is C19H15F3O3S2. The topological polar surface area (TPSA) is 57.2 Å². The average Bonchev–Trinajstić information content (AvgIpc) is 2.62. The smallest absolute Gasteiger partial charge is 0.217 e. The Morgan fingerprint density at radius 3 is 1.56 bits per heavy atom. The van der Waals surface area contributed by atoms with Gasteiger partial charge in [-0.05, 0) is 30.3 Å². The van der Waals surface area contributed by atoms with Crippen LogP contribution in [-0.2, 0) is 21.0 Å². The number of halogens is 3. The van der Waals surface area contributed by atoms with Gasteiger partial charge in [-0.15, -0.1) is 0 Å². The standard InChI is InChI=1S/C18H12F3S.CH4O3S/c19-15-11-12-16(18(21)17(15)20)22(13-7-3-1-4-8-13)14-9-5-2-6-10-14;1-5(2,3)4/h1-12H;1H3,(H,2,3,4)/q+1;/p-1. The second-order valence-electron chi connectivity index (χ2n) is 5.31. The van der Waals surface area contributed by atoms with E-state index in [1.165, 1.54) is 6.07 Å². The van der Waals surface area contributed by atoms with Crippen LogP contribution in [0.5, 0.6) is 0 Å². The third-order valence-electron chi connectivity index (χ3n) is 3.18. The molecule has 0 bridgehead atoms. The predicted molar refractivity (Wildman–Crippen MR) is 97.0 cm³/mol. The van der Waals surface area contributed by atoms with Crippen molar-refractivity contribution in [2.45, 2.75) is 14.7 Å². The van der Waals surface area contributed by atoms with E-state index >= 15 is 0 Å². The molecule has 3 nitrogen and oxygen atoms in total. The van der Waals surface area contributed by atoms with Crippen LogP contribution in [0.1, 0.15) is 0 Å². The molecule has 0 heterocycles. The van der Waals surface area contributed by atoms with Gasteiger partial charge < -0.3 is 4.55 Å². The number of benzene rings is 3. The van der Waals surface area contributed by atoms with Crippen molar-refractivity contribution in [3.05, 3.63) is 90.2 Å². The highest BCUT2D eigenvalue weighted by atomic mass is 32.2. The van der Waals surface area contributed by atoms with Crippen molar-refractivity contribution in [3.63, 3.8) is 0 Å². The van der Waals surface area contributed by atoms with E-state index in [1.807, 2.05) is 60.7 Å². The monoisotopic (exact) mass is 412 g/mol. The lowest BCUT2D eigenvalue weighted by Gasteiger charge is -2.09. The quantitative estimate of drug-likeness (QED) is 0.365. The summed E-state index contributed by atoms with van der Waals surface area (Å²) in [5, 5.41) is 0. The molecule has 8 heteroatoms. The Bertz CT molecular complexity index is 948. The van der Waals surface area contributed by atoms with Gasteiger partial charge in [0.15, 0.2) is 21.4 Å². The third-order valence-corrected chi connectivity index (χ3v) is 5.42. The van der Waals surface area contributed by atoms with Crippen LogP contribution in [0.2, 0.25) is 0 Å². The summed E-state index contributed by atoms with van der Waals surface area (Å²) >= 11 is 0. The van der Waals surface area contributed by atoms with Gasteiger partial charge in [0.2, 0.25) is 10.7 Å². The van der Waals surface area contributed by atoms with Crippen molar-refractivity contribution >= 4 is 21.0 Å². The number of hydrogen-bond donors (Lipinski definition) is 0. The molecule has 27 heavy (non-hydrogen) atoms. The highest BCUT2D eigenvalue weighted by Gasteiger charge is 2.33. The maximum Gasteiger partial charge on any atom is 0.217 e. The fraction of sp³-hybridized carbons (Fsp3) is 0.0526. The minimum atomic E-state index is -3.92. The first-order chi connectivity index (χ1) is 12.7. The summed E-state index contributed by atoms with van der Waals surface area (Å²) in [6.07, 6.45) is 0.604. The molecule has 0 aliphatic carbocycles. The van der Waals surface area contributed by atoms with E-state index in [2.05, 4.69) is 0 Å². The normalized spacial score (nSPS) is 11.0. The molecule has 0 saturated heterocycles. The van der Waals surface area contributed by atoms with Gasteiger partial charge in [0.1, 0.15) is 10.9 Å². The average molecular weight is 412 g/mol. The van der Waals surface area contributed by atoms with Crippen LogP contribution in [-0.4, -0.2) is 19.2 Å². The molecule has 0 spiro atoms. The van der Waals surface area contributed by atoms with E-state index in [9.17, 15) is 13.2 Å². The first kappa shape index (κ1) is 21.0. The van der Waals surface area contributed by atoms with Gasteiger partial charge in [0, 0.05) is 12.3 Å². The van der Waals surface area contributed by atoms with Gasteiger partial charge in [0.25, 0.3) is 0 Å². The lowest BCUT2D eigenvalue weighted by atomic mass is 10.3. The molecular weight excluding hydrogens is 397 g/mol. The summed E-state index contributed by atoms with van der Waals surface area (Å²) in [5.41, 5.74) is 0. The maximum absolute atomic E-state index is 14.3. The fourth-order valence-corrected chi connectivity index (χ4v) is 4.28. The van der Waals surface area contributed by atoms with E-state index in [0.717, 1.165) is 15.9 Å². The Morgan fingerprint density at radius 2 is 1.15 bits per heavy atom. The Hall–Kier alpha value is -2.29. The van der Waals surface area contributed by atoms with Gasteiger partial charge >= 0.3 is 0 Å². The second kappa shape index (κ2) is 9.07. The van der Waals surface area contributed by atoms with E-state index in [-0.39, 0.29) is 4.90 Å². The zero-order valence-corrected chi connectivity index (χ0v) is 15.7. The van der Waals surface area contributed by atoms with Crippen molar-refractivity contribution in [2.24, 2.45) is 0 Å². The molecule has 0 aromatic heterocycles. The molecule has 0 saturated carbocycles. The molecule has 3 rings (SSSR count). The van der Waals surface area contributed by atoms with Crippen LogP contribution in [0.4, 0.5) is 13.2 Å². The molecule has 0 unspecified atom stereocenters. The van der Waals surface area contributed by atoms with Gasteiger partial charge in [-0.3, -0.25) is 0 Å². The summed E-state index contributed by atoms with van der Waals surface area (Å²) < 4.78 is 68.4. The molecule has 0 radical (unpaired) electrons. The van der Waals surface area contributed by atoms with Crippen molar-refractivity contribution in [1.82, 2.24) is 0 Å². The Balaban J connectivity index is 0.000000465. The van der Waals surface area contributed by atoms with Crippen LogP contribution in [0.15, 0.2) is 87.5 Å². The van der Waals surface area contributed by atoms with E-state index < -0.39 is 38.5 Å². The van der Waals surface area contributed by atoms with E-state index in [4.69, 9.17) is 13.0 Å². The highest BCUT2D eigenvalue weighted by Crippen LogP contribution is 2.33. The minimum absolute atomic E-state index is 0.149. The first-order valence-electron chi connectivity index (χ1n) is 7.57. The lowest BCUT2D eigenvalue weighted by molar-refractivity contribution is 0.435. The maximum atomic E-state index is 14.3. The van der Waals surface area contributed by atoms with Crippen LogP contribution in [0.25, 0.3) is 0 Å². The number of hydrogen-bond acceptors (Lipinski definition) is 3. The minimum Gasteiger partial charge on any atom is -0.748 e. The Kier molecular flexibility index (Phi) is 7.06. The van der Waals surface area contributed by atoms with Crippen LogP contribution in [0.3, 0.4) is 0 Å². The SMILES string of the molecule is CS(=O)(=O)[O-].Fc1ccc([S+](c2ccccc2)c2ccccc2)c(F)c1F. The molecule has 0 atom stereocenters. The van der Waals surface area contributed by atoms with Crippen molar-refractivity contribution < 1.29 is 26.1 Å². The first-order valence-corrected chi connectivity index (χ1v) is 10.6. The van der Waals surface area contributed by atoms with Crippen molar-refractivity contribution in [1.29, 1.82) is 0 Å². The van der Waals surface area contributed by atoms with E-state index in [0.29, 0.717) is 6.26 Å². The van der Waals surface area contributed by atoms with Crippen molar-refractivity contribution in [2.75, 3.05) is 6.26 Å². The highest BCUT2D eigenvalue weighted by molar-refractivity contribution is 7.97. The molecule has 3 aromatic carbocycles. The molecule has 0 aliphatic heterocycles. The zero-order valence-electron chi connectivity index (χ0n) is 14.1. The summed E-state index contributed by atoms with van der Waals surface area (Å²) in [6.45, 7) is 0. The van der Waals surface area contributed by atoms with Crippen molar-refractivity contribution in [3.8, 4) is 0 Å². The molecule has 0 fully saturated rings. The Labute approximate surface area is 158 Å². The zero-order chi connectivity index (χ0) is 20.0. The fourth-order valence-electron chi connectivity index (χ4n) is 2.17. The summed E-state index contributed by atoms with van der Waals surface area (Å²) in [4.78, 5) is 1.84. The van der Waals surface area contributed by atoms with Crippen LogP contribution < -0.4 is 0 Å². The summed E-state index contributed by atoms with van der Waals surface area (Å²) in [6, 6.07) is 20.8. The Morgan fingerprint density at radius 1 is 0.741 bits per heavy atom. The van der Waals surface area contributed by atoms with Gasteiger partial charge in [-0.1, -0.05) is 36.4 Å². The molecule has 142 valence electrons. The second-order valence-corrected chi connectivity index (χ2v) is 8.71. The van der Waals surface area contributed by atoms with Gasteiger partial charge in [0.05, 0.1) is 10.1 Å². The van der Waals surface area contributed by atoms with Crippen LogP contribution >= 0.6 is 0 Å². The summed E-state index contributed by atoms with van der Waals surface area (Å²) in [7, 11) is -4.74. The van der Waals surface area contributed by atoms with Crippen LogP contribution in [0, 0.1) is 17.5 Å². The molecule has 0 N–H and O–H groups in total. The third kappa shape index (κ3) is 6.13. The largest absolute Gasteiger partial charge is 0.748 e. The predicted octanol–water partition coefficient (Wildman–Crippen LogP) is 4.36. The van der Waals surface area contributed by atoms with Gasteiger partial charge in [-0.25, -0.2) is 17.2 Å². The van der Waals surface area contributed by atoms with Gasteiger partial charge in [-0.2, -0.15) is 4.39 Å². The summed E-state index contributed by atoms with van der Waals surface area (Å²) in [5.74, 6) is -3.73. The molecule has 0 amide bonds. The molecule has 3 aromatic rings. The number of rotatable bonds is 3.